The Morgan fingerprint density at radius 3 is 2.27 bits per heavy atom. The van der Waals surface area contributed by atoms with Gasteiger partial charge in [0.15, 0.2) is 0 Å². The van der Waals surface area contributed by atoms with Gasteiger partial charge in [-0.2, -0.15) is 0 Å². The lowest BCUT2D eigenvalue weighted by Crippen LogP contribution is -2.09. The van der Waals surface area contributed by atoms with E-state index in [1.807, 2.05) is 24.3 Å². The highest BCUT2D eigenvalue weighted by molar-refractivity contribution is 5.88. The lowest BCUT2D eigenvalue weighted by molar-refractivity contribution is 0.114. The number of fused-ring (bicyclic) bond motifs is 2. The molecule has 5 aromatic rings. The number of benzene rings is 3. The Labute approximate surface area is 175 Å². The van der Waals surface area contributed by atoms with Crippen LogP contribution in [-0.2, 0) is 11.3 Å². The maximum atomic E-state index is 6.22. The summed E-state index contributed by atoms with van der Waals surface area (Å²) >= 11 is 0. The lowest BCUT2D eigenvalue weighted by atomic mass is 9.91. The number of methoxy groups -OCH3 is 1. The van der Waals surface area contributed by atoms with Crippen LogP contribution >= 0.6 is 0 Å². The Bertz CT molecular complexity index is 1270. The molecule has 0 aliphatic carbocycles. The van der Waals surface area contributed by atoms with E-state index in [1.165, 1.54) is 22.1 Å². The Balaban J connectivity index is 1.54. The molecule has 5 rings (SSSR count). The number of ether oxygens (including phenoxy) is 2. The quantitative estimate of drug-likeness (QED) is 0.354. The van der Waals surface area contributed by atoms with Crippen LogP contribution in [0.5, 0.6) is 5.75 Å². The van der Waals surface area contributed by atoms with Crippen molar-refractivity contribution in [1.29, 1.82) is 0 Å². The standard InChI is InChI=1S/C26H24N2O2/c1-29-19-11-12-26-21(13-19)23(15-28-26)24(17-30-16-18-7-3-2-4-8-18)22-14-27-25-10-6-5-9-20(22)25/h2-15,24,27-28H,16-17H2,1H3. The molecule has 0 amide bonds. The molecule has 0 fully saturated rings. The number of aromatic nitrogens is 2. The summed E-state index contributed by atoms with van der Waals surface area (Å²) < 4.78 is 11.7. The van der Waals surface area contributed by atoms with E-state index in [4.69, 9.17) is 9.47 Å². The van der Waals surface area contributed by atoms with Gasteiger partial charge in [-0.15, -0.1) is 0 Å². The molecule has 4 nitrogen and oxygen atoms in total. The average Bonchev–Trinajstić information content (AvgIpc) is 3.42. The zero-order valence-corrected chi connectivity index (χ0v) is 16.9. The van der Waals surface area contributed by atoms with Gasteiger partial charge in [0, 0.05) is 40.1 Å². The predicted octanol–water partition coefficient (Wildman–Crippen LogP) is 6.01. The minimum absolute atomic E-state index is 0.0886. The summed E-state index contributed by atoms with van der Waals surface area (Å²) in [6.45, 7) is 1.17. The molecule has 1 atom stereocenters. The summed E-state index contributed by atoms with van der Waals surface area (Å²) in [4.78, 5) is 6.84. The van der Waals surface area contributed by atoms with Gasteiger partial charge >= 0.3 is 0 Å². The van der Waals surface area contributed by atoms with Crippen molar-refractivity contribution in [1.82, 2.24) is 9.97 Å². The zero-order chi connectivity index (χ0) is 20.3. The van der Waals surface area contributed by atoms with Crippen molar-refractivity contribution in [2.45, 2.75) is 12.5 Å². The molecule has 0 saturated heterocycles. The van der Waals surface area contributed by atoms with E-state index < -0.39 is 0 Å². The molecule has 2 heterocycles. The fourth-order valence-corrected chi connectivity index (χ4v) is 4.13. The highest BCUT2D eigenvalue weighted by Crippen LogP contribution is 2.36. The Kier molecular flexibility index (Phi) is 4.99. The van der Waals surface area contributed by atoms with E-state index in [1.54, 1.807) is 7.11 Å². The maximum Gasteiger partial charge on any atom is 0.119 e. The van der Waals surface area contributed by atoms with Crippen molar-refractivity contribution < 1.29 is 9.47 Å². The van der Waals surface area contributed by atoms with Crippen LogP contribution in [0.1, 0.15) is 22.6 Å². The summed E-state index contributed by atoms with van der Waals surface area (Å²) in [5, 5.41) is 2.39. The second-order valence-electron chi connectivity index (χ2n) is 7.50. The van der Waals surface area contributed by atoms with Gasteiger partial charge in [0.25, 0.3) is 0 Å². The molecule has 0 spiro atoms. The largest absolute Gasteiger partial charge is 0.497 e. The fraction of sp³-hybridized carbons (Fsp3) is 0.154. The summed E-state index contributed by atoms with van der Waals surface area (Å²) in [6.07, 6.45) is 4.21. The number of H-pyrrole nitrogens is 2. The molecule has 3 aromatic carbocycles. The SMILES string of the molecule is COc1ccc2[nH]cc(C(COCc3ccccc3)c3c[nH]c4ccccc34)c2c1. The van der Waals surface area contributed by atoms with E-state index in [2.05, 4.69) is 70.9 Å². The van der Waals surface area contributed by atoms with Crippen molar-refractivity contribution in [2.75, 3.05) is 13.7 Å². The monoisotopic (exact) mass is 396 g/mol. The highest BCUT2D eigenvalue weighted by Gasteiger charge is 2.22. The van der Waals surface area contributed by atoms with Gasteiger partial charge in [-0.25, -0.2) is 0 Å². The van der Waals surface area contributed by atoms with Crippen molar-refractivity contribution in [3.05, 3.63) is 102 Å². The van der Waals surface area contributed by atoms with Gasteiger partial charge in [0.2, 0.25) is 0 Å². The highest BCUT2D eigenvalue weighted by atomic mass is 16.5. The Hall–Kier alpha value is -3.50. The molecular formula is C26H24N2O2. The van der Waals surface area contributed by atoms with Crippen LogP contribution in [-0.4, -0.2) is 23.7 Å². The van der Waals surface area contributed by atoms with Crippen LogP contribution in [0.3, 0.4) is 0 Å². The van der Waals surface area contributed by atoms with Crippen molar-refractivity contribution in [3.8, 4) is 5.75 Å². The number of nitrogens with one attached hydrogen (secondary N) is 2. The molecule has 30 heavy (non-hydrogen) atoms. The lowest BCUT2D eigenvalue weighted by Gasteiger charge is -2.17. The van der Waals surface area contributed by atoms with Gasteiger partial charge in [0.05, 0.1) is 20.3 Å². The second-order valence-corrected chi connectivity index (χ2v) is 7.50. The number of hydrogen-bond acceptors (Lipinski definition) is 2. The number of rotatable bonds is 7. The first kappa shape index (κ1) is 18.5. The second kappa shape index (κ2) is 8.09. The molecule has 0 bridgehead atoms. The predicted molar refractivity (Wildman–Crippen MR) is 121 cm³/mol. The van der Waals surface area contributed by atoms with Gasteiger partial charge in [0.1, 0.15) is 5.75 Å². The third kappa shape index (κ3) is 3.46. The third-order valence-electron chi connectivity index (χ3n) is 5.69. The summed E-state index contributed by atoms with van der Waals surface area (Å²) in [6, 6.07) is 24.9. The summed E-state index contributed by atoms with van der Waals surface area (Å²) in [5.41, 5.74) is 5.86. The molecule has 0 radical (unpaired) electrons. The third-order valence-corrected chi connectivity index (χ3v) is 5.69. The minimum Gasteiger partial charge on any atom is -0.497 e. The van der Waals surface area contributed by atoms with Crippen molar-refractivity contribution in [3.63, 3.8) is 0 Å². The average molecular weight is 396 g/mol. The van der Waals surface area contributed by atoms with Crippen LogP contribution in [0.25, 0.3) is 21.8 Å². The fourth-order valence-electron chi connectivity index (χ4n) is 4.13. The van der Waals surface area contributed by atoms with Crippen LogP contribution in [0.2, 0.25) is 0 Å². The van der Waals surface area contributed by atoms with E-state index in [0.717, 1.165) is 22.2 Å². The normalized spacial score (nSPS) is 12.4. The number of hydrogen-bond donors (Lipinski definition) is 2. The molecule has 0 aliphatic rings. The van der Waals surface area contributed by atoms with Gasteiger partial charge in [-0.05, 0) is 41.0 Å². The molecule has 2 aromatic heterocycles. The number of para-hydroxylation sites is 1. The van der Waals surface area contributed by atoms with E-state index in [9.17, 15) is 0 Å². The van der Waals surface area contributed by atoms with E-state index in [0.29, 0.717) is 13.2 Å². The molecule has 0 aliphatic heterocycles. The van der Waals surface area contributed by atoms with E-state index in [-0.39, 0.29) is 5.92 Å². The van der Waals surface area contributed by atoms with Gasteiger partial charge < -0.3 is 19.4 Å². The van der Waals surface area contributed by atoms with Gasteiger partial charge in [-0.1, -0.05) is 48.5 Å². The van der Waals surface area contributed by atoms with Crippen LogP contribution in [0.15, 0.2) is 85.2 Å². The van der Waals surface area contributed by atoms with Crippen LogP contribution < -0.4 is 4.74 Å². The molecule has 2 N–H and O–H groups in total. The smallest absolute Gasteiger partial charge is 0.119 e. The summed E-state index contributed by atoms with van der Waals surface area (Å²) in [7, 11) is 1.70. The van der Waals surface area contributed by atoms with E-state index >= 15 is 0 Å². The minimum atomic E-state index is 0.0886. The first-order valence-electron chi connectivity index (χ1n) is 10.2. The molecular weight excluding hydrogens is 372 g/mol. The topological polar surface area (TPSA) is 50.0 Å². The Morgan fingerprint density at radius 2 is 1.47 bits per heavy atom. The Morgan fingerprint density at radius 1 is 0.767 bits per heavy atom. The van der Waals surface area contributed by atoms with Crippen molar-refractivity contribution in [2.24, 2.45) is 0 Å². The van der Waals surface area contributed by atoms with Gasteiger partial charge in [-0.3, -0.25) is 0 Å². The number of aromatic amines is 2. The van der Waals surface area contributed by atoms with Crippen LogP contribution in [0, 0.1) is 0 Å². The first-order valence-corrected chi connectivity index (χ1v) is 10.2. The summed E-state index contributed by atoms with van der Waals surface area (Å²) in [5.74, 6) is 0.942. The maximum absolute atomic E-state index is 6.22. The van der Waals surface area contributed by atoms with Crippen molar-refractivity contribution >= 4 is 21.8 Å². The molecule has 0 saturated carbocycles. The zero-order valence-electron chi connectivity index (χ0n) is 16.9. The molecule has 1 unspecified atom stereocenters. The first-order chi connectivity index (χ1) is 14.8. The molecule has 150 valence electrons. The van der Waals surface area contributed by atoms with Crippen LogP contribution in [0.4, 0.5) is 0 Å². The molecule has 4 heteroatoms.